The van der Waals surface area contributed by atoms with Crippen LogP contribution in [0.5, 0.6) is 11.5 Å². The van der Waals surface area contributed by atoms with Crippen LogP contribution >= 0.6 is 23.1 Å². The molecule has 2 heterocycles. The maximum Gasteiger partial charge on any atom is 0.266 e. The number of ether oxygens (including phenoxy) is 2. The van der Waals surface area contributed by atoms with Crippen molar-refractivity contribution in [1.82, 2.24) is 15.1 Å². The molecule has 1 aliphatic heterocycles. The first kappa shape index (κ1) is 18.4. The van der Waals surface area contributed by atoms with Crippen LogP contribution < -0.4 is 9.47 Å². The predicted molar refractivity (Wildman–Crippen MR) is 104 cm³/mol. The van der Waals surface area contributed by atoms with Gasteiger partial charge in [0.15, 0.2) is 16.7 Å². The number of benzene rings is 1. The zero-order chi connectivity index (χ0) is 18.7. The van der Waals surface area contributed by atoms with E-state index in [1.54, 1.807) is 25.2 Å². The number of rotatable bonds is 5. The number of carbonyl (C=O) groups excluding carboxylic acids is 1. The molecule has 1 aliphatic rings. The Balaban J connectivity index is 1.98. The molecule has 0 radical (unpaired) electrons. The minimum atomic E-state index is -0.0950. The lowest BCUT2D eigenvalue weighted by molar-refractivity contribution is -0.122. The molecule has 9 heteroatoms. The fraction of sp³-hybridized carbons (Fsp3) is 0.294. The van der Waals surface area contributed by atoms with E-state index in [1.165, 1.54) is 23.1 Å². The van der Waals surface area contributed by atoms with Crippen molar-refractivity contribution in [3.05, 3.63) is 33.7 Å². The number of amidine groups is 1. The topological polar surface area (TPSA) is 76.9 Å². The summed E-state index contributed by atoms with van der Waals surface area (Å²) in [7, 11) is 3.16. The molecule has 0 bridgehead atoms. The first-order chi connectivity index (χ1) is 12.6. The molecule has 0 atom stereocenters. The number of aromatic nitrogens is 2. The molecule has 1 saturated heterocycles. The summed E-state index contributed by atoms with van der Waals surface area (Å²) in [5.74, 6) is 1.11. The number of aryl methyl sites for hydroxylation is 1. The number of hydrogen-bond acceptors (Lipinski definition) is 8. The lowest BCUT2D eigenvalue weighted by atomic mass is 10.1. The first-order valence-corrected chi connectivity index (χ1v) is 9.51. The number of para-hydroxylation sites is 1. The smallest absolute Gasteiger partial charge is 0.266 e. The van der Waals surface area contributed by atoms with Gasteiger partial charge in [-0.15, -0.1) is 10.2 Å². The summed E-state index contributed by atoms with van der Waals surface area (Å²) in [5, 5.41) is 9.94. The van der Waals surface area contributed by atoms with Crippen LogP contribution in [-0.4, -0.2) is 46.9 Å². The van der Waals surface area contributed by atoms with Gasteiger partial charge in [-0.2, -0.15) is 4.99 Å². The van der Waals surface area contributed by atoms with Crippen molar-refractivity contribution in [1.29, 1.82) is 0 Å². The molecule has 1 amide bonds. The summed E-state index contributed by atoms with van der Waals surface area (Å²) in [4.78, 5) is 19.4. The molecule has 0 N–H and O–H groups in total. The van der Waals surface area contributed by atoms with Crippen molar-refractivity contribution in [2.75, 3.05) is 20.8 Å². The zero-order valence-electron chi connectivity index (χ0n) is 14.8. The Morgan fingerprint density at radius 1 is 1.27 bits per heavy atom. The summed E-state index contributed by atoms with van der Waals surface area (Å²) in [6, 6.07) is 5.55. The van der Waals surface area contributed by atoms with E-state index >= 15 is 0 Å². The van der Waals surface area contributed by atoms with Crippen LogP contribution in [0.15, 0.2) is 28.1 Å². The minimum absolute atomic E-state index is 0.0950. The van der Waals surface area contributed by atoms with Gasteiger partial charge in [0.05, 0.1) is 19.1 Å². The number of nitrogens with zero attached hydrogens (tertiary/aromatic N) is 4. The van der Waals surface area contributed by atoms with Crippen molar-refractivity contribution < 1.29 is 14.3 Å². The second-order valence-corrected chi connectivity index (χ2v) is 7.41. The van der Waals surface area contributed by atoms with Crippen LogP contribution in [-0.2, 0) is 4.79 Å². The van der Waals surface area contributed by atoms with Crippen LogP contribution in [0.2, 0.25) is 0 Å². The van der Waals surface area contributed by atoms with Crippen LogP contribution in [0.3, 0.4) is 0 Å². The quantitative estimate of drug-likeness (QED) is 0.728. The third-order valence-electron chi connectivity index (χ3n) is 3.63. The van der Waals surface area contributed by atoms with E-state index in [0.717, 1.165) is 10.6 Å². The summed E-state index contributed by atoms with van der Waals surface area (Å²) in [5.41, 5.74) is 0.770. The Morgan fingerprint density at radius 2 is 2.08 bits per heavy atom. The fourth-order valence-electron chi connectivity index (χ4n) is 2.45. The van der Waals surface area contributed by atoms with Crippen LogP contribution in [0, 0.1) is 6.92 Å². The fourth-order valence-corrected chi connectivity index (χ4v) is 4.10. The molecule has 26 heavy (non-hydrogen) atoms. The normalized spacial score (nSPS) is 17.4. The SMILES string of the molecule is CCN1C(=O)/C(=C/c2cccc(OC)c2OC)S/C1=N/c1nnc(C)s1. The highest BCUT2D eigenvalue weighted by Gasteiger charge is 2.33. The number of hydrogen-bond donors (Lipinski definition) is 0. The highest BCUT2D eigenvalue weighted by molar-refractivity contribution is 8.18. The van der Waals surface area contributed by atoms with Gasteiger partial charge >= 0.3 is 0 Å². The van der Waals surface area contributed by atoms with E-state index < -0.39 is 0 Å². The van der Waals surface area contributed by atoms with E-state index in [-0.39, 0.29) is 5.91 Å². The van der Waals surface area contributed by atoms with Gasteiger partial charge in [-0.05, 0) is 37.8 Å². The van der Waals surface area contributed by atoms with Crippen molar-refractivity contribution in [3.63, 3.8) is 0 Å². The van der Waals surface area contributed by atoms with Gasteiger partial charge in [0.1, 0.15) is 5.01 Å². The van der Waals surface area contributed by atoms with E-state index in [1.807, 2.05) is 32.0 Å². The Kier molecular flexibility index (Phi) is 5.58. The summed E-state index contributed by atoms with van der Waals surface area (Å²) < 4.78 is 10.8. The number of aliphatic imine (C=N–C) groups is 1. The largest absolute Gasteiger partial charge is 0.493 e. The van der Waals surface area contributed by atoms with Gasteiger partial charge in [-0.3, -0.25) is 9.69 Å². The van der Waals surface area contributed by atoms with E-state index in [4.69, 9.17) is 9.47 Å². The number of methoxy groups -OCH3 is 2. The minimum Gasteiger partial charge on any atom is -0.493 e. The number of amides is 1. The lowest BCUT2D eigenvalue weighted by Crippen LogP contribution is -2.28. The zero-order valence-corrected chi connectivity index (χ0v) is 16.5. The second kappa shape index (κ2) is 7.88. The van der Waals surface area contributed by atoms with Crippen LogP contribution in [0.25, 0.3) is 6.08 Å². The van der Waals surface area contributed by atoms with Crippen molar-refractivity contribution >= 4 is 45.4 Å². The standard InChI is InChI=1S/C17H18N4O3S2/c1-5-21-15(22)13(26-17(21)18-16-20-19-10(2)25-16)9-11-7-6-8-12(23-3)14(11)24-4/h6-9H,5H2,1-4H3/b13-9-,18-17+. The van der Waals surface area contributed by atoms with Crippen molar-refractivity contribution in [2.24, 2.45) is 4.99 Å². The predicted octanol–water partition coefficient (Wildman–Crippen LogP) is 3.49. The lowest BCUT2D eigenvalue weighted by Gasteiger charge is -2.11. The molecular weight excluding hydrogens is 372 g/mol. The van der Waals surface area contributed by atoms with Gasteiger partial charge in [-0.1, -0.05) is 23.5 Å². The number of thioether (sulfide) groups is 1. The molecule has 0 saturated carbocycles. The van der Waals surface area contributed by atoms with Crippen LogP contribution in [0.4, 0.5) is 5.13 Å². The monoisotopic (exact) mass is 390 g/mol. The third kappa shape index (κ3) is 3.58. The van der Waals surface area contributed by atoms with Gasteiger partial charge in [0.2, 0.25) is 5.13 Å². The first-order valence-electron chi connectivity index (χ1n) is 7.88. The Hall–Kier alpha value is -2.39. The van der Waals surface area contributed by atoms with E-state index in [2.05, 4.69) is 15.2 Å². The average molecular weight is 390 g/mol. The average Bonchev–Trinajstić information content (AvgIpc) is 3.17. The molecular formula is C17H18N4O3S2. The van der Waals surface area contributed by atoms with Gasteiger partial charge in [0, 0.05) is 12.1 Å². The molecule has 1 fully saturated rings. The molecule has 3 rings (SSSR count). The van der Waals surface area contributed by atoms with Crippen molar-refractivity contribution in [2.45, 2.75) is 13.8 Å². The second-order valence-electron chi connectivity index (χ2n) is 5.24. The van der Waals surface area contributed by atoms with Crippen LogP contribution in [0.1, 0.15) is 17.5 Å². The van der Waals surface area contributed by atoms with Crippen molar-refractivity contribution in [3.8, 4) is 11.5 Å². The third-order valence-corrected chi connectivity index (χ3v) is 5.37. The highest BCUT2D eigenvalue weighted by atomic mass is 32.2. The van der Waals surface area contributed by atoms with E-state index in [9.17, 15) is 4.79 Å². The Labute approximate surface area is 159 Å². The van der Waals surface area contributed by atoms with Gasteiger partial charge in [-0.25, -0.2) is 0 Å². The molecule has 1 aromatic carbocycles. The number of carbonyl (C=O) groups is 1. The Morgan fingerprint density at radius 3 is 2.69 bits per heavy atom. The Bertz CT molecular complexity index is 892. The highest BCUT2D eigenvalue weighted by Crippen LogP contribution is 2.38. The molecule has 7 nitrogen and oxygen atoms in total. The molecule has 1 aromatic heterocycles. The van der Waals surface area contributed by atoms with E-state index in [0.29, 0.717) is 33.2 Å². The number of likely N-dealkylation sites (N-methyl/N-ethyl adjacent to an activating group) is 1. The maximum absolute atomic E-state index is 12.8. The summed E-state index contributed by atoms with van der Waals surface area (Å²) >= 11 is 2.70. The molecule has 0 aliphatic carbocycles. The molecule has 2 aromatic rings. The van der Waals surface area contributed by atoms with Gasteiger partial charge in [0.25, 0.3) is 5.91 Å². The molecule has 0 unspecified atom stereocenters. The summed E-state index contributed by atoms with van der Waals surface area (Å²) in [6.45, 7) is 4.30. The molecule has 0 spiro atoms. The maximum atomic E-state index is 12.8. The summed E-state index contributed by atoms with van der Waals surface area (Å²) in [6.07, 6.45) is 1.80. The van der Waals surface area contributed by atoms with Gasteiger partial charge < -0.3 is 9.47 Å². The molecule has 136 valence electrons.